The van der Waals surface area contributed by atoms with Crippen molar-refractivity contribution in [2.45, 2.75) is 38.1 Å². The van der Waals surface area contributed by atoms with Gasteiger partial charge in [0, 0.05) is 19.5 Å². The van der Waals surface area contributed by atoms with E-state index in [2.05, 4.69) is 9.64 Å². The lowest BCUT2D eigenvalue weighted by molar-refractivity contribution is -0.142. The average Bonchev–Trinajstić information content (AvgIpc) is 2.55. The molecule has 0 bridgehead atoms. The number of likely N-dealkylation sites (tertiary alicyclic amines) is 1. The highest BCUT2D eigenvalue weighted by atomic mass is 16.5. The van der Waals surface area contributed by atoms with Crippen molar-refractivity contribution in [3.05, 3.63) is 0 Å². The van der Waals surface area contributed by atoms with Gasteiger partial charge in [0.2, 0.25) is 5.91 Å². The number of carbonyl (C=O) groups is 2. The number of methoxy groups -OCH3 is 1. The molecule has 0 aromatic carbocycles. The monoisotopic (exact) mass is 298 g/mol. The van der Waals surface area contributed by atoms with Gasteiger partial charge in [-0.1, -0.05) is 6.42 Å². The first kappa shape index (κ1) is 16.2. The molecule has 2 aliphatic heterocycles. The highest BCUT2D eigenvalue weighted by Gasteiger charge is 2.32. The van der Waals surface area contributed by atoms with Gasteiger partial charge in [-0.25, -0.2) is 0 Å². The number of morpholine rings is 1. The molecule has 1 amide bonds. The number of hydrogen-bond donors (Lipinski definition) is 0. The van der Waals surface area contributed by atoms with Gasteiger partial charge in [0.15, 0.2) is 0 Å². The number of rotatable bonds is 5. The fourth-order valence-electron chi connectivity index (χ4n) is 3.06. The number of amides is 1. The van der Waals surface area contributed by atoms with E-state index in [1.54, 1.807) is 0 Å². The van der Waals surface area contributed by atoms with E-state index in [4.69, 9.17) is 4.74 Å². The molecule has 0 unspecified atom stereocenters. The average molecular weight is 298 g/mol. The van der Waals surface area contributed by atoms with Gasteiger partial charge in [0.25, 0.3) is 0 Å². The number of carbonyl (C=O) groups excluding carboxylic acids is 2. The Morgan fingerprint density at radius 2 is 1.95 bits per heavy atom. The van der Waals surface area contributed by atoms with Crippen LogP contribution in [0, 0.1) is 0 Å². The number of esters is 1. The van der Waals surface area contributed by atoms with E-state index in [0.29, 0.717) is 32.7 Å². The highest BCUT2D eigenvalue weighted by Crippen LogP contribution is 2.20. The first-order chi connectivity index (χ1) is 10.2. The van der Waals surface area contributed by atoms with Gasteiger partial charge in [-0.05, 0) is 32.4 Å². The third kappa shape index (κ3) is 4.68. The number of ether oxygens (including phenoxy) is 2. The fraction of sp³-hybridized carbons (Fsp3) is 0.867. The smallest absolute Gasteiger partial charge is 0.305 e. The molecule has 2 fully saturated rings. The van der Waals surface area contributed by atoms with Crippen molar-refractivity contribution in [2.75, 3.05) is 46.5 Å². The number of hydrogen-bond acceptors (Lipinski definition) is 5. The molecule has 2 saturated heterocycles. The van der Waals surface area contributed by atoms with Crippen LogP contribution < -0.4 is 0 Å². The Morgan fingerprint density at radius 1 is 1.19 bits per heavy atom. The van der Waals surface area contributed by atoms with Crippen molar-refractivity contribution in [3.63, 3.8) is 0 Å². The summed E-state index contributed by atoms with van der Waals surface area (Å²) in [5.41, 5.74) is 0. The largest absolute Gasteiger partial charge is 0.469 e. The Morgan fingerprint density at radius 3 is 2.67 bits per heavy atom. The third-order valence-electron chi connectivity index (χ3n) is 4.28. The molecule has 0 aromatic heterocycles. The lowest BCUT2D eigenvalue weighted by Crippen LogP contribution is -2.53. The summed E-state index contributed by atoms with van der Waals surface area (Å²) >= 11 is 0. The Kier molecular flexibility index (Phi) is 6.45. The number of piperidine rings is 1. The molecule has 0 saturated carbocycles. The molecule has 0 aromatic rings. The van der Waals surface area contributed by atoms with Gasteiger partial charge in [-0.15, -0.1) is 0 Å². The summed E-state index contributed by atoms with van der Waals surface area (Å²) in [4.78, 5) is 28.0. The van der Waals surface area contributed by atoms with E-state index < -0.39 is 0 Å². The van der Waals surface area contributed by atoms with Crippen LogP contribution >= 0.6 is 0 Å². The van der Waals surface area contributed by atoms with Gasteiger partial charge in [-0.2, -0.15) is 0 Å². The van der Waals surface area contributed by atoms with Crippen LogP contribution in [0.15, 0.2) is 0 Å². The minimum Gasteiger partial charge on any atom is -0.469 e. The lowest BCUT2D eigenvalue weighted by Gasteiger charge is -2.38. The van der Waals surface area contributed by atoms with Crippen molar-refractivity contribution in [3.8, 4) is 0 Å². The summed E-state index contributed by atoms with van der Waals surface area (Å²) in [5, 5.41) is 0. The van der Waals surface area contributed by atoms with Crippen molar-refractivity contribution < 1.29 is 19.1 Å². The first-order valence-electron chi connectivity index (χ1n) is 7.90. The Bertz CT molecular complexity index is 356. The summed E-state index contributed by atoms with van der Waals surface area (Å²) in [6.07, 6.45) is 4.33. The minimum absolute atomic E-state index is 0.0190. The van der Waals surface area contributed by atoms with Crippen molar-refractivity contribution in [1.82, 2.24) is 9.80 Å². The molecular weight excluding hydrogens is 272 g/mol. The van der Waals surface area contributed by atoms with Crippen molar-refractivity contribution in [2.24, 2.45) is 0 Å². The molecule has 0 radical (unpaired) electrons. The zero-order valence-electron chi connectivity index (χ0n) is 12.9. The van der Waals surface area contributed by atoms with Crippen LogP contribution in [-0.4, -0.2) is 74.2 Å². The molecule has 2 rings (SSSR count). The van der Waals surface area contributed by atoms with Crippen LogP contribution in [0.4, 0.5) is 0 Å². The van der Waals surface area contributed by atoms with Crippen molar-refractivity contribution in [1.29, 1.82) is 0 Å². The second kappa shape index (κ2) is 8.34. The van der Waals surface area contributed by atoms with Crippen LogP contribution in [0.3, 0.4) is 0 Å². The van der Waals surface area contributed by atoms with Crippen LogP contribution in [0.2, 0.25) is 0 Å². The second-order valence-corrected chi connectivity index (χ2v) is 5.66. The summed E-state index contributed by atoms with van der Waals surface area (Å²) in [6.45, 7) is 4.41. The molecule has 120 valence electrons. The van der Waals surface area contributed by atoms with Gasteiger partial charge < -0.3 is 14.4 Å². The molecular formula is C15H26N2O4. The van der Waals surface area contributed by atoms with E-state index in [9.17, 15) is 9.59 Å². The molecule has 6 nitrogen and oxygen atoms in total. The lowest BCUT2D eigenvalue weighted by atomic mass is 10.00. The molecule has 2 aliphatic rings. The normalized spacial score (nSPS) is 23.9. The molecule has 1 atom stereocenters. The van der Waals surface area contributed by atoms with E-state index in [1.807, 2.05) is 4.90 Å². The Balaban J connectivity index is 1.85. The maximum Gasteiger partial charge on any atom is 0.305 e. The van der Waals surface area contributed by atoms with E-state index in [-0.39, 0.29) is 17.9 Å². The highest BCUT2D eigenvalue weighted by molar-refractivity contribution is 5.82. The summed E-state index contributed by atoms with van der Waals surface area (Å²) in [6, 6.07) is -0.0190. The zero-order valence-corrected chi connectivity index (χ0v) is 12.9. The van der Waals surface area contributed by atoms with Crippen LogP contribution in [0.25, 0.3) is 0 Å². The first-order valence-corrected chi connectivity index (χ1v) is 7.90. The predicted octanol–water partition coefficient (Wildman–Crippen LogP) is 0.653. The van der Waals surface area contributed by atoms with E-state index in [0.717, 1.165) is 38.8 Å². The topological polar surface area (TPSA) is 59.1 Å². The molecule has 0 spiro atoms. The molecule has 0 N–H and O–H groups in total. The SMILES string of the molecule is COC(=O)CCCN1CCCC[C@H]1C(=O)N1CCOCC1. The Labute approximate surface area is 126 Å². The zero-order chi connectivity index (χ0) is 15.1. The maximum atomic E-state index is 12.7. The van der Waals surface area contributed by atoms with Crippen LogP contribution in [0.1, 0.15) is 32.1 Å². The maximum absolute atomic E-state index is 12.7. The van der Waals surface area contributed by atoms with Crippen LogP contribution in [0.5, 0.6) is 0 Å². The summed E-state index contributed by atoms with van der Waals surface area (Å²) in [7, 11) is 1.41. The van der Waals surface area contributed by atoms with Gasteiger partial charge in [0.05, 0.1) is 26.4 Å². The van der Waals surface area contributed by atoms with Crippen molar-refractivity contribution >= 4 is 11.9 Å². The third-order valence-corrected chi connectivity index (χ3v) is 4.28. The minimum atomic E-state index is -0.178. The van der Waals surface area contributed by atoms with Gasteiger partial charge in [-0.3, -0.25) is 14.5 Å². The molecule has 21 heavy (non-hydrogen) atoms. The number of nitrogens with zero attached hydrogens (tertiary/aromatic N) is 2. The van der Waals surface area contributed by atoms with Gasteiger partial charge >= 0.3 is 5.97 Å². The van der Waals surface area contributed by atoms with Gasteiger partial charge in [0.1, 0.15) is 0 Å². The molecule has 6 heteroatoms. The standard InChI is InChI=1S/C15H26N2O4/c1-20-14(18)6-4-8-16-7-3-2-5-13(16)15(19)17-9-11-21-12-10-17/h13H,2-12H2,1H3/t13-/m0/s1. The second-order valence-electron chi connectivity index (χ2n) is 5.66. The fourth-order valence-corrected chi connectivity index (χ4v) is 3.06. The Hall–Kier alpha value is -1.14. The predicted molar refractivity (Wildman–Crippen MR) is 77.9 cm³/mol. The van der Waals surface area contributed by atoms with Crippen LogP contribution in [-0.2, 0) is 19.1 Å². The molecule has 0 aliphatic carbocycles. The quantitative estimate of drug-likeness (QED) is 0.698. The van der Waals surface area contributed by atoms with E-state index >= 15 is 0 Å². The summed E-state index contributed by atoms with van der Waals surface area (Å²) < 4.78 is 9.97. The molecule has 2 heterocycles. The summed E-state index contributed by atoms with van der Waals surface area (Å²) in [5.74, 6) is 0.0548. The van der Waals surface area contributed by atoms with E-state index in [1.165, 1.54) is 7.11 Å².